The second-order valence-corrected chi connectivity index (χ2v) is 6.96. The van der Waals surface area contributed by atoms with Crippen molar-refractivity contribution >= 4 is 45.1 Å². The molecule has 0 saturated carbocycles. The summed E-state index contributed by atoms with van der Waals surface area (Å²) in [7, 11) is -3.69. The van der Waals surface area contributed by atoms with E-state index in [1.165, 1.54) is 12.4 Å². The zero-order valence-electron chi connectivity index (χ0n) is 12.2. The third-order valence-electron chi connectivity index (χ3n) is 3.29. The third-order valence-corrected chi connectivity index (χ3v) is 5.15. The van der Waals surface area contributed by atoms with Crippen molar-refractivity contribution in [3.05, 3.63) is 23.5 Å². The highest BCUT2D eigenvalue weighted by atomic mass is 35.5. The Morgan fingerprint density at radius 1 is 1.50 bits per heavy atom. The predicted octanol–water partition coefficient (Wildman–Crippen LogP) is 2.43. The summed E-state index contributed by atoms with van der Waals surface area (Å²) in [6.45, 7) is 2.31. The van der Waals surface area contributed by atoms with Crippen molar-refractivity contribution < 1.29 is 8.42 Å². The van der Waals surface area contributed by atoms with Crippen LogP contribution < -0.4 is 10.5 Å². The molecule has 6 nitrogen and oxygen atoms in total. The molecule has 2 aromatic rings. The van der Waals surface area contributed by atoms with Gasteiger partial charge in [0.15, 0.2) is 0 Å². The number of aromatic amines is 1. The van der Waals surface area contributed by atoms with Gasteiger partial charge in [-0.2, -0.15) is 0 Å². The number of unbranched alkanes of at least 4 members (excludes halogenated alkanes) is 1. The van der Waals surface area contributed by atoms with Crippen LogP contribution in [0.4, 0.5) is 0 Å². The lowest BCUT2D eigenvalue weighted by Crippen LogP contribution is -2.40. The minimum Gasteiger partial charge on any atom is -0.345 e. The number of nitrogens with two attached hydrogens (primary N) is 1. The van der Waals surface area contributed by atoms with Crippen LogP contribution >= 0.6 is 24.0 Å². The molecule has 4 N–H and O–H groups in total. The number of pyridine rings is 1. The maximum atomic E-state index is 12.5. The Labute approximate surface area is 141 Å². The number of aromatic nitrogens is 2. The van der Waals surface area contributed by atoms with Crippen LogP contribution in [0, 0.1) is 0 Å². The van der Waals surface area contributed by atoms with E-state index in [-0.39, 0.29) is 29.9 Å². The monoisotopic (exact) mass is 366 g/mol. The van der Waals surface area contributed by atoms with E-state index in [2.05, 4.69) is 14.7 Å². The van der Waals surface area contributed by atoms with Crippen molar-refractivity contribution in [2.75, 3.05) is 6.54 Å². The molecule has 0 aromatic carbocycles. The highest BCUT2D eigenvalue weighted by Crippen LogP contribution is 2.28. The summed E-state index contributed by atoms with van der Waals surface area (Å²) < 4.78 is 27.7. The van der Waals surface area contributed by atoms with Gasteiger partial charge in [-0.3, -0.25) is 0 Å². The van der Waals surface area contributed by atoms with Crippen LogP contribution in [0.1, 0.15) is 26.2 Å². The van der Waals surface area contributed by atoms with Gasteiger partial charge in [0.25, 0.3) is 0 Å². The lowest BCUT2D eigenvalue weighted by Gasteiger charge is -2.16. The Kier molecular flexibility index (Phi) is 7.08. The molecular formula is C13H20Cl2N4O2S. The molecule has 2 heterocycles. The van der Waals surface area contributed by atoms with Gasteiger partial charge in [-0.1, -0.05) is 31.4 Å². The molecule has 1 unspecified atom stereocenters. The van der Waals surface area contributed by atoms with E-state index < -0.39 is 10.0 Å². The van der Waals surface area contributed by atoms with E-state index in [1.54, 1.807) is 6.07 Å². The van der Waals surface area contributed by atoms with Crippen molar-refractivity contribution in [1.82, 2.24) is 14.7 Å². The van der Waals surface area contributed by atoms with E-state index >= 15 is 0 Å². The number of nitrogens with one attached hydrogen (secondary N) is 2. The number of hydrogen-bond donors (Lipinski definition) is 3. The van der Waals surface area contributed by atoms with E-state index in [0.29, 0.717) is 22.5 Å². The van der Waals surface area contributed by atoms with Gasteiger partial charge in [-0.05, 0) is 12.5 Å². The Bertz CT molecular complexity index is 718. The second kappa shape index (κ2) is 8.12. The fourth-order valence-electron chi connectivity index (χ4n) is 2.16. The van der Waals surface area contributed by atoms with E-state index in [4.69, 9.17) is 17.3 Å². The zero-order valence-corrected chi connectivity index (χ0v) is 14.6. The molecule has 0 saturated heterocycles. The molecule has 9 heteroatoms. The lowest BCUT2D eigenvalue weighted by atomic mass is 10.1. The summed E-state index contributed by atoms with van der Waals surface area (Å²) >= 11 is 6.09. The molecule has 0 spiro atoms. The number of nitrogens with zero attached hydrogens (tertiary/aromatic N) is 1. The van der Waals surface area contributed by atoms with Crippen molar-refractivity contribution in [3.63, 3.8) is 0 Å². The SMILES string of the molecule is CCCCC(CN)NS(=O)(=O)c1c[nH]c2nccc(Cl)c12.Cl. The molecule has 124 valence electrons. The molecule has 2 aromatic heterocycles. The van der Waals surface area contributed by atoms with Gasteiger partial charge >= 0.3 is 0 Å². The number of rotatable bonds is 7. The topological polar surface area (TPSA) is 101 Å². The van der Waals surface area contributed by atoms with Crippen LogP contribution in [0.5, 0.6) is 0 Å². The van der Waals surface area contributed by atoms with Crippen LogP contribution in [0.3, 0.4) is 0 Å². The summed E-state index contributed by atoms with van der Waals surface area (Å²) in [5.74, 6) is 0. The molecule has 2 rings (SSSR count). The third kappa shape index (κ3) is 4.11. The number of halogens is 2. The molecule has 0 aliphatic heterocycles. The fourth-order valence-corrected chi connectivity index (χ4v) is 3.93. The first-order valence-corrected chi connectivity index (χ1v) is 8.69. The molecule has 0 aliphatic carbocycles. The first-order chi connectivity index (χ1) is 9.99. The summed E-state index contributed by atoms with van der Waals surface area (Å²) in [6, 6.07) is 1.28. The first-order valence-electron chi connectivity index (χ1n) is 6.83. The Hall–Kier alpha value is -0.860. The predicted molar refractivity (Wildman–Crippen MR) is 91.0 cm³/mol. The van der Waals surface area contributed by atoms with Gasteiger partial charge in [-0.25, -0.2) is 18.1 Å². The van der Waals surface area contributed by atoms with Crippen LogP contribution in [0.25, 0.3) is 11.0 Å². The van der Waals surface area contributed by atoms with Crippen LogP contribution in [0.2, 0.25) is 5.02 Å². The standard InChI is InChI=1S/C13H19ClN4O2S.ClH/c1-2-3-4-9(7-15)18-21(19,20)11-8-17-13-12(11)10(14)5-6-16-13;/h5-6,8-9,18H,2-4,7,15H2,1H3,(H,16,17);1H. The Morgan fingerprint density at radius 2 is 2.23 bits per heavy atom. The maximum absolute atomic E-state index is 12.5. The average molecular weight is 367 g/mol. The molecule has 0 aliphatic rings. The number of fused-ring (bicyclic) bond motifs is 1. The summed E-state index contributed by atoms with van der Waals surface area (Å²) in [5, 5.41) is 0.748. The quantitative estimate of drug-likeness (QED) is 0.700. The molecule has 1 atom stereocenters. The fraction of sp³-hybridized carbons (Fsp3) is 0.462. The van der Waals surface area contributed by atoms with Crippen molar-refractivity contribution in [3.8, 4) is 0 Å². The van der Waals surface area contributed by atoms with Crippen molar-refractivity contribution in [1.29, 1.82) is 0 Å². The number of hydrogen-bond acceptors (Lipinski definition) is 4. The van der Waals surface area contributed by atoms with E-state index in [0.717, 1.165) is 12.8 Å². The minimum absolute atomic E-state index is 0. The smallest absolute Gasteiger partial charge is 0.243 e. The molecule has 0 bridgehead atoms. The van der Waals surface area contributed by atoms with Gasteiger partial charge in [0.1, 0.15) is 10.5 Å². The van der Waals surface area contributed by atoms with Crippen LogP contribution in [-0.2, 0) is 10.0 Å². The molecular weight excluding hydrogens is 347 g/mol. The summed E-state index contributed by atoms with van der Waals surface area (Å²) in [5.41, 5.74) is 6.09. The molecule has 22 heavy (non-hydrogen) atoms. The molecule has 0 amide bonds. The van der Waals surface area contributed by atoms with Crippen LogP contribution in [-0.4, -0.2) is 31.0 Å². The number of H-pyrrole nitrogens is 1. The highest BCUT2D eigenvalue weighted by molar-refractivity contribution is 7.89. The minimum atomic E-state index is -3.69. The van der Waals surface area contributed by atoms with Gasteiger partial charge < -0.3 is 10.7 Å². The van der Waals surface area contributed by atoms with Crippen LogP contribution in [0.15, 0.2) is 23.4 Å². The first kappa shape index (κ1) is 19.2. The van der Waals surface area contributed by atoms with Gasteiger partial charge in [0.2, 0.25) is 10.0 Å². The van der Waals surface area contributed by atoms with Gasteiger partial charge in [-0.15, -0.1) is 12.4 Å². The zero-order chi connectivity index (χ0) is 15.5. The highest BCUT2D eigenvalue weighted by Gasteiger charge is 2.24. The summed E-state index contributed by atoms with van der Waals surface area (Å²) in [4.78, 5) is 6.99. The van der Waals surface area contributed by atoms with Gasteiger partial charge in [0.05, 0.1) is 10.4 Å². The van der Waals surface area contributed by atoms with E-state index in [9.17, 15) is 8.42 Å². The largest absolute Gasteiger partial charge is 0.345 e. The number of sulfonamides is 1. The normalized spacial score (nSPS) is 13.0. The lowest BCUT2D eigenvalue weighted by molar-refractivity contribution is 0.517. The average Bonchev–Trinajstić information content (AvgIpc) is 2.89. The van der Waals surface area contributed by atoms with Crippen molar-refractivity contribution in [2.45, 2.75) is 37.1 Å². The maximum Gasteiger partial charge on any atom is 0.243 e. The Balaban J connectivity index is 0.00000242. The molecule has 0 fully saturated rings. The van der Waals surface area contributed by atoms with Crippen molar-refractivity contribution in [2.24, 2.45) is 5.73 Å². The second-order valence-electron chi connectivity index (χ2n) is 4.87. The Morgan fingerprint density at radius 3 is 2.86 bits per heavy atom. The van der Waals surface area contributed by atoms with Gasteiger partial charge in [0, 0.05) is 25.0 Å². The van der Waals surface area contributed by atoms with E-state index in [1.807, 2.05) is 6.92 Å². The summed E-state index contributed by atoms with van der Waals surface area (Å²) in [6.07, 6.45) is 5.54. The molecule has 0 radical (unpaired) electrons.